The third kappa shape index (κ3) is 5.04. The fourth-order valence-electron chi connectivity index (χ4n) is 3.57. The van der Waals surface area contributed by atoms with Crippen LogP contribution in [-0.4, -0.2) is 47.5 Å². The topological polar surface area (TPSA) is 45.5 Å². The van der Waals surface area contributed by atoms with Crippen LogP contribution in [0, 0.1) is 0 Å². The molecule has 4 aromatic rings. The molecule has 0 amide bonds. The molecule has 0 saturated carbocycles. The third-order valence-corrected chi connectivity index (χ3v) is 5.92. The highest BCUT2D eigenvalue weighted by atomic mass is 35.5. The van der Waals surface area contributed by atoms with Gasteiger partial charge in [0.2, 0.25) is 0 Å². The van der Waals surface area contributed by atoms with Gasteiger partial charge in [-0.25, -0.2) is 4.98 Å². The number of nitrogens with zero attached hydrogens (tertiary/aromatic N) is 4. The Kier molecular flexibility index (Phi) is 6.81. The number of benzene rings is 2. The Balaban J connectivity index is 1.45. The number of hydrogen-bond donors (Lipinski definition) is 1. The van der Waals surface area contributed by atoms with Crippen molar-refractivity contribution in [3.63, 3.8) is 0 Å². The SMILES string of the molecule is Bc1cnn2c(NCCCN(C)Cc3ccccc3Cl)cc(-c3ccccc3Cl)nc12. The number of halogens is 2. The minimum atomic E-state index is 0.684. The molecule has 2 aromatic heterocycles. The monoisotopic (exact) mass is 451 g/mol. The van der Waals surface area contributed by atoms with E-state index in [9.17, 15) is 0 Å². The number of fused-ring (bicyclic) bond motifs is 1. The van der Waals surface area contributed by atoms with E-state index in [4.69, 9.17) is 28.2 Å². The molecule has 0 radical (unpaired) electrons. The molecule has 0 aliphatic heterocycles. The van der Waals surface area contributed by atoms with Crippen LogP contribution in [0.15, 0.2) is 60.8 Å². The van der Waals surface area contributed by atoms with E-state index in [0.717, 1.165) is 64.8 Å². The number of rotatable bonds is 8. The van der Waals surface area contributed by atoms with E-state index in [1.165, 1.54) is 0 Å². The third-order valence-electron chi connectivity index (χ3n) is 5.22. The van der Waals surface area contributed by atoms with Gasteiger partial charge >= 0.3 is 0 Å². The second-order valence-corrected chi connectivity index (χ2v) is 8.49. The molecule has 0 aliphatic carbocycles. The summed E-state index contributed by atoms with van der Waals surface area (Å²) in [6.45, 7) is 2.59. The maximum Gasteiger partial charge on any atom is 0.151 e. The number of hydrogen-bond acceptors (Lipinski definition) is 4. The van der Waals surface area contributed by atoms with Crippen molar-refractivity contribution in [2.45, 2.75) is 13.0 Å². The summed E-state index contributed by atoms with van der Waals surface area (Å²) in [4.78, 5) is 7.07. The molecule has 4 rings (SSSR count). The van der Waals surface area contributed by atoms with E-state index in [1.807, 2.05) is 67.1 Å². The first-order chi connectivity index (χ1) is 15.0. The van der Waals surface area contributed by atoms with Crippen LogP contribution in [0.3, 0.4) is 0 Å². The highest BCUT2D eigenvalue weighted by Gasteiger charge is 2.12. The Bertz CT molecular complexity index is 1190. The number of anilines is 1. The minimum Gasteiger partial charge on any atom is -0.370 e. The molecule has 0 aliphatic rings. The van der Waals surface area contributed by atoms with E-state index >= 15 is 0 Å². The lowest BCUT2D eigenvalue weighted by molar-refractivity contribution is 0.325. The van der Waals surface area contributed by atoms with Gasteiger partial charge in [0, 0.05) is 41.0 Å². The molecule has 31 heavy (non-hydrogen) atoms. The van der Waals surface area contributed by atoms with E-state index in [0.29, 0.717) is 5.02 Å². The normalized spacial score (nSPS) is 11.4. The van der Waals surface area contributed by atoms with Crippen LogP contribution < -0.4 is 10.8 Å². The zero-order valence-corrected chi connectivity index (χ0v) is 19.2. The van der Waals surface area contributed by atoms with Gasteiger partial charge in [-0.3, -0.25) is 0 Å². The van der Waals surface area contributed by atoms with E-state index in [1.54, 1.807) is 0 Å². The van der Waals surface area contributed by atoms with E-state index < -0.39 is 0 Å². The zero-order valence-electron chi connectivity index (χ0n) is 17.6. The van der Waals surface area contributed by atoms with Crippen LogP contribution >= 0.6 is 23.2 Å². The summed E-state index contributed by atoms with van der Waals surface area (Å²) in [5.41, 5.74) is 4.74. The first-order valence-corrected chi connectivity index (χ1v) is 11.0. The second kappa shape index (κ2) is 9.73. The summed E-state index contributed by atoms with van der Waals surface area (Å²) in [5.74, 6) is 0.904. The Morgan fingerprint density at radius 1 is 1.06 bits per heavy atom. The Morgan fingerprint density at radius 3 is 2.58 bits per heavy atom. The molecule has 8 heteroatoms. The highest BCUT2D eigenvalue weighted by Crippen LogP contribution is 2.28. The molecule has 5 nitrogen and oxygen atoms in total. The average molecular weight is 452 g/mol. The van der Waals surface area contributed by atoms with Crippen LogP contribution in [0.2, 0.25) is 10.0 Å². The molecule has 0 spiro atoms. The van der Waals surface area contributed by atoms with Crippen molar-refractivity contribution in [3.05, 3.63) is 76.4 Å². The second-order valence-electron chi connectivity index (χ2n) is 7.68. The molecule has 2 heterocycles. The van der Waals surface area contributed by atoms with Crippen molar-refractivity contribution in [2.75, 3.05) is 25.5 Å². The fourth-order valence-corrected chi connectivity index (χ4v) is 4.00. The standard InChI is InChI=1S/C23H24BCl2N5/c1-30(15-16-7-2-4-9-19(16)25)12-6-11-27-22-13-21(17-8-3-5-10-20(17)26)29-23-18(24)14-28-31(22)23/h2-5,7-10,13-14,27H,6,11-12,15,24H2,1H3. The van der Waals surface area contributed by atoms with Gasteiger partial charge in [0.05, 0.1) is 5.69 Å². The Morgan fingerprint density at radius 2 is 1.81 bits per heavy atom. The van der Waals surface area contributed by atoms with Gasteiger partial charge in [-0.05, 0) is 43.2 Å². The van der Waals surface area contributed by atoms with Crippen molar-refractivity contribution < 1.29 is 0 Å². The molecule has 0 unspecified atom stereocenters. The lowest BCUT2D eigenvalue weighted by Gasteiger charge is -2.18. The molecular weight excluding hydrogens is 428 g/mol. The first-order valence-electron chi connectivity index (χ1n) is 10.3. The average Bonchev–Trinajstić information content (AvgIpc) is 3.14. The maximum absolute atomic E-state index is 6.42. The predicted octanol–water partition coefficient (Wildman–Crippen LogP) is 3.90. The molecule has 0 saturated heterocycles. The van der Waals surface area contributed by atoms with Crippen molar-refractivity contribution in [1.29, 1.82) is 0 Å². The van der Waals surface area contributed by atoms with E-state index in [-0.39, 0.29) is 0 Å². The van der Waals surface area contributed by atoms with Crippen LogP contribution in [0.5, 0.6) is 0 Å². The summed E-state index contributed by atoms with van der Waals surface area (Å²) in [6, 6.07) is 17.8. The predicted molar refractivity (Wildman–Crippen MR) is 133 cm³/mol. The van der Waals surface area contributed by atoms with Crippen molar-refractivity contribution in [2.24, 2.45) is 0 Å². The maximum atomic E-state index is 6.42. The smallest absolute Gasteiger partial charge is 0.151 e. The van der Waals surface area contributed by atoms with Gasteiger partial charge in [0.15, 0.2) is 5.65 Å². The molecule has 0 fully saturated rings. The summed E-state index contributed by atoms with van der Waals surface area (Å²) >= 11 is 12.7. The molecule has 1 N–H and O–H groups in total. The molecule has 0 bridgehead atoms. The van der Waals surface area contributed by atoms with Gasteiger partial charge in [-0.15, -0.1) is 0 Å². The highest BCUT2D eigenvalue weighted by molar-refractivity contribution is 6.36. The molecule has 158 valence electrons. The van der Waals surface area contributed by atoms with Crippen LogP contribution in [0.4, 0.5) is 5.82 Å². The van der Waals surface area contributed by atoms with Crippen LogP contribution in [0.25, 0.3) is 16.9 Å². The molecular formula is C23H24BCl2N5. The van der Waals surface area contributed by atoms with Crippen molar-refractivity contribution >= 4 is 48.0 Å². The zero-order chi connectivity index (χ0) is 21.8. The Hall–Kier alpha value is -2.54. The first kappa shape index (κ1) is 21.7. The van der Waals surface area contributed by atoms with Gasteiger partial charge < -0.3 is 10.2 Å². The number of nitrogens with one attached hydrogen (secondary N) is 1. The Labute approximate surface area is 193 Å². The van der Waals surface area contributed by atoms with E-state index in [2.05, 4.69) is 28.4 Å². The van der Waals surface area contributed by atoms with Crippen molar-refractivity contribution in [3.8, 4) is 11.3 Å². The lowest BCUT2D eigenvalue weighted by Crippen LogP contribution is -2.21. The summed E-state index contributed by atoms with van der Waals surface area (Å²) in [6.07, 6.45) is 2.81. The van der Waals surface area contributed by atoms with Gasteiger partial charge in [-0.2, -0.15) is 9.61 Å². The number of aromatic nitrogens is 3. The van der Waals surface area contributed by atoms with Gasteiger partial charge in [0.1, 0.15) is 13.7 Å². The quantitative estimate of drug-likeness (QED) is 0.326. The summed E-state index contributed by atoms with van der Waals surface area (Å²) in [5, 5.41) is 9.51. The van der Waals surface area contributed by atoms with Crippen molar-refractivity contribution in [1.82, 2.24) is 19.5 Å². The van der Waals surface area contributed by atoms with Crippen LogP contribution in [0.1, 0.15) is 12.0 Å². The lowest BCUT2D eigenvalue weighted by atomic mass is 10.0. The fraction of sp³-hybridized carbons (Fsp3) is 0.217. The molecule has 0 atom stereocenters. The van der Waals surface area contributed by atoms with Crippen LogP contribution in [-0.2, 0) is 6.54 Å². The summed E-state index contributed by atoms with van der Waals surface area (Å²) in [7, 11) is 4.12. The minimum absolute atomic E-state index is 0.684. The largest absolute Gasteiger partial charge is 0.370 e. The molecule has 2 aromatic carbocycles. The van der Waals surface area contributed by atoms with Gasteiger partial charge in [0.25, 0.3) is 0 Å². The summed E-state index contributed by atoms with van der Waals surface area (Å²) < 4.78 is 1.85. The van der Waals surface area contributed by atoms with Gasteiger partial charge in [-0.1, -0.05) is 59.6 Å².